The number of hydrogen-bond acceptors (Lipinski definition) is 4. The molecule has 2 rings (SSSR count). The van der Waals surface area contributed by atoms with E-state index in [-0.39, 0.29) is 0 Å². The number of rotatable bonds is 3. The molecule has 0 aliphatic rings. The van der Waals surface area contributed by atoms with Crippen molar-refractivity contribution in [1.82, 2.24) is 9.97 Å². The third-order valence-electron chi connectivity index (χ3n) is 2.77. The molecular formula is C19H30N4O. The number of hydrogen-bond donors (Lipinski definition) is 0. The van der Waals surface area contributed by atoms with Crippen LogP contribution in [0.4, 0.5) is 0 Å². The van der Waals surface area contributed by atoms with Crippen LogP contribution in [0.3, 0.4) is 0 Å². The fourth-order valence-electron chi connectivity index (χ4n) is 1.78. The molecule has 0 amide bonds. The largest absolute Gasteiger partial charge is 0.467 e. The number of fused-ring (bicyclic) bond motifs is 1. The van der Waals surface area contributed by atoms with E-state index in [1.54, 1.807) is 14.2 Å². The van der Waals surface area contributed by atoms with Gasteiger partial charge in [-0.3, -0.25) is 4.99 Å². The second-order valence-electron chi connectivity index (χ2n) is 5.22. The molecule has 0 aliphatic heterocycles. The molecule has 0 fully saturated rings. The standard InChI is InChI=1S/C12H14N2O.C5H10N2.C2H6/c1-8(2)11-9-6-4-5-7-10(9)13-12(14-11)15-3;1-5(2)7-4-6-3;1-2/h4-8H,1-3H3;4H,1-3H3;1-2H3. The average Bonchev–Trinajstić information content (AvgIpc) is 2.61. The molecule has 1 aromatic heterocycles. The Morgan fingerprint density at radius 2 is 1.75 bits per heavy atom. The molecule has 24 heavy (non-hydrogen) atoms. The van der Waals surface area contributed by atoms with E-state index in [2.05, 4.69) is 33.8 Å². The number of aliphatic imine (C=N–C) groups is 2. The normalized spacial score (nSPS) is 9.88. The predicted molar refractivity (Wildman–Crippen MR) is 105 cm³/mol. The summed E-state index contributed by atoms with van der Waals surface area (Å²) in [5.41, 5.74) is 3.01. The molecule has 0 N–H and O–H groups in total. The number of aromatic nitrogens is 2. The van der Waals surface area contributed by atoms with Gasteiger partial charge in [0.25, 0.3) is 0 Å². The van der Waals surface area contributed by atoms with E-state index >= 15 is 0 Å². The summed E-state index contributed by atoms with van der Waals surface area (Å²) < 4.78 is 5.09. The third-order valence-corrected chi connectivity index (χ3v) is 2.77. The van der Waals surface area contributed by atoms with Crippen molar-refractivity contribution in [1.29, 1.82) is 0 Å². The van der Waals surface area contributed by atoms with Gasteiger partial charge in [0, 0.05) is 18.1 Å². The van der Waals surface area contributed by atoms with Crippen LogP contribution in [-0.2, 0) is 0 Å². The summed E-state index contributed by atoms with van der Waals surface area (Å²) in [6.45, 7) is 12.1. The van der Waals surface area contributed by atoms with E-state index in [4.69, 9.17) is 4.74 Å². The van der Waals surface area contributed by atoms with Gasteiger partial charge in [0.05, 0.1) is 18.3 Å². The summed E-state index contributed by atoms with van der Waals surface area (Å²) in [6, 6.07) is 8.44. The fourth-order valence-corrected chi connectivity index (χ4v) is 1.78. The minimum absolute atomic E-state index is 0.367. The highest BCUT2D eigenvalue weighted by atomic mass is 16.5. The average molecular weight is 330 g/mol. The lowest BCUT2D eigenvalue weighted by molar-refractivity contribution is 0.379. The fraction of sp³-hybridized carbons (Fsp3) is 0.474. The second-order valence-corrected chi connectivity index (χ2v) is 5.22. The Morgan fingerprint density at radius 3 is 2.21 bits per heavy atom. The van der Waals surface area contributed by atoms with Gasteiger partial charge in [-0.2, -0.15) is 9.97 Å². The highest BCUT2D eigenvalue weighted by Gasteiger charge is 2.10. The molecule has 5 nitrogen and oxygen atoms in total. The molecule has 0 saturated heterocycles. The van der Waals surface area contributed by atoms with Gasteiger partial charge in [-0.1, -0.05) is 45.9 Å². The molecular weight excluding hydrogens is 300 g/mol. The first-order valence-corrected chi connectivity index (χ1v) is 8.21. The van der Waals surface area contributed by atoms with Gasteiger partial charge in [0.1, 0.15) is 6.34 Å². The molecule has 2 aromatic rings. The Balaban J connectivity index is 0.000000501. The van der Waals surface area contributed by atoms with Crippen molar-refractivity contribution in [3.05, 3.63) is 30.0 Å². The molecule has 5 heteroatoms. The molecule has 1 aromatic carbocycles. The molecule has 0 saturated carbocycles. The first-order valence-electron chi connectivity index (χ1n) is 8.21. The van der Waals surface area contributed by atoms with Crippen molar-refractivity contribution < 1.29 is 4.74 Å². The SMILES string of the molecule is CC.CN=CN=C(C)C.COc1nc(C(C)C)c2ccccc2n1. The lowest BCUT2D eigenvalue weighted by Crippen LogP contribution is -2.00. The Kier molecular flexibility index (Phi) is 11.0. The summed E-state index contributed by atoms with van der Waals surface area (Å²) >= 11 is 0. The Labute approximate surface area is 145 Å². The van der Waals surface area contributed by atoms with Crippen LogP contribution < -0.4 is 4.74 Å². The zero-order valence-corrected chi connectivity index (χ0v) is 16.2. The van der Waals surface area contributed by atoms with Gasteiger partial charge in [-0.25, -0.2) is 4.99 Å². The summed E-state index contributed by atoms with van der Waals surface area (Å²) in [5, 5.41) is 1.10. The summed E-state index contributed by atoms with van der Waals surface area (Å²) in [7, 11) is 3.29. The Bertz CT molecular complexity index is 659. The molecule has 132 valence electrons. The van der Waals surface area contributed by atoms with Crippen molar-refractivity contribution in [3.63, 3.8) is 0 Å². The number of methoxy groups -OCH3 is 1. The molecule has 0 unspecified atom stereocenters. The molecule has 0 bridgehead atoms. The van der Waals surface area contributed by atoms with Crippen LogP contribution in [0, 0.1) is 0 Å². The van der Waals surface area contributed by atoms with Crippen molar-refractivity contribution >= 4 is 23.0 Å². The highest BCUT2D eigenvalue weighted by molar-refractivity contribution is 5.86. The van der Waals surface area contributed by atoms with Crippen LogP contribution in [0.15, 0.2) is 34.3 Å². The first kappa shape index (κ1) is 21.7. The molecule has 0 spiro atoms. The van der Waals surface area contributed by atoms with E-state index in [1.165, 1.54) is 6.34 Å². The first-order chi connectivity index (χ1) is 11.5. The van der Waals surface area contributed by atoms with Crippen LogP contribution in [0.5, 0.6) is 6.01 Å². The zero-order chi connectivity index (χ0) is 18.5. The van der Waals surface area contributed by atoms with Crippen LogP contribution in [0.1, 0.15) is 53.2 Å². The van der Waals surface area contributed by atoms with Crippen LogP contribution in [0.2, 0.25) is 0 Å². The number of para-hydroxylation sites is 1. The minimum atomic E-state index is 0.367. The van der Waals surface area contributed by atoms with Gasteiger partial charge in [-0.05, 0) is 25.8 Å². The van der Waals surface area contributed by atoms with Crippen molar-refractivity contribution in [2.45, 2.75) is 47.5 Å². The summed E-state index contributed by atoms with van der Waals surface area (Å²) in [6.07, 6.45) is 1.54. The third kappa shape index (κ3) is 7.31. The highest BCUT2D eigenvalue weighted by Crippen LogP contribution is 2.24. The van der Waals surface area contributed by atoms with Crippen molar-refractivity contribution in [2.75, 3.05) is 14.2 Å². The molecule has 0 aliphatic carbocycles. The molecule has 0 atom stereocenters. The van der Waals surface area contributed by atoms with E-state index in [1.807, 2.05) is 52.0 Å². The quantitative estimate of drug-likeness (QED) is 0.593. The number of benzene rings is 1. The second kappa shape index (κ2) is 12.2. The van der Waals surface area contributed by atoms with Crippen molar-refractivity contribution in [2.24, 2.45) is 9.98 Å². The summed E-state index contributed by atoms with van der Waals surface area (Å²) in [5.74, 6) is 0.367. The lowest BCUT2D eigenvalue weighted by Gasteiger charge is -2.09. The van der Waals surface area contributed by atoms with Gasteiger partial charge >= 0.3 is 6.01 Å². The smallest absolute Gasteiger partial charge is 0.316 e. The van der Waals surface area contributed by atoms with Crippen LogP contribution in [0.25, 0.3) is 10.9 Å². The number of nitrogens with zero attached hydrogens (tertiary/aromatic N) is 4. The maximum atomic E-state index is 5.09. The van der Waals surface area contributed by atoms with Gasteiger partial charge in [0.2, 0.25) is 0 Å². The monoisotopic (exact) mass is 330 g/mol. The van der Waals surface area contributed by atoms with Gasteiger partial charge < -0.3 is 4.74 Å². The maximum Gasteiger partial charge on any atom is 0.316 e. The van der Waals surface area contributed by atoms with Crippen LogP contribution in [-0.4, -0.2) is 36.2 Å². The Hall–Kier alpha value is -2.30. The zero-order valence-electron chi connectivity index (χ0n) is 16.2. The van der Waals surface area contributed by atoms with Gasteiger partial charge in [0.15, 0.2) is 0 Å². The van der Waals surface area contributed by atoms with Crippen LogP contribution >= 0.6 is 0 Å². The topological polar surface area (TPSA) is 59.7 Å². The summed E-state index contributed by atoms with van der Waals surface area (Å²) in [4.78, 5) is 16.2. The number of ether oxygens (including phenoxy) is 1. The van der Waals surface area contributed by atoms with Gasteiger partial charge in [-0.15, -0.1) is 0 Å². The van der Waals surface area contributed by atoms with E-state index in [0.717, 1.165) is 22.3 Å². The molecule has 0 radical (unpaired) electrons. The van der Waals surface area contributed by atoms with Crippen molar-refractivity contribution in [3.8, 4) is 6.01 Å². The Morgan fingerprint density at radius 1 is 1.12 bits per heavy atom. The van der Waals surface area contributed by atoms with E-state index < -0.39 is 0 Å². The lowest BCUT2D eigenvalue weighted by atomic mass is 10.1. The molecule has 1 heterocycles. The van der Waals surface area contributed by atoms with E-state index in [9.17, 15) is 0 Å². The van der Waals surface area contributed by atoms with E-state index in [0.29, 0.717) is 11.9 Å². The maximum absolute atomic E-state index is 5.09. The minimum Gasteiger partial charge on any atom is -0.467 e. The predicted octanol–water partition coefficient (Wildman–Crippen LogP) is 4.91.